The molecule has 82 valence electrons. The molecule has 0 radical (unpaired) electrons. The standard InChI is InChI=1S/C10H14N2O2S/c13-9-5-8-6-15-4-3-11(8)10(14)12(9)7-1-2-7/h7-8H,1-6H2. The van der Waals surface area contributed by atoms with Crippen molar-refractivity contribution in [3.63, 3.8) is 0 Å². The Morgan fingerprint density at radius 2 is 2.00 bits per heavy atom. The fourth-order valence-corrected chi connectivity index (χ4v) is 3.38. The van der Waals surface area contributed by atoms with E-state index in [9.17, 15) is 9.59 Å². The summed E-state index contributed by atoms with van der Waals surface area (Å²) in [5.41, 5.74) is 0. The summed E-state index contributed by atoms with van der Waals surface area (Å²) in [5, 5.41) is 0. The lowest BCUT2D eigenvalue weighted by atomic mass is 10.1. The van der Waals surface area contributed by atoms with E-state index in [1.807, 2.05) is 16.7 Å². The van der Waals surface area contributed by atoms with Crippen molar-refractivity contribution in [2.24, 2.45) is 0 Å². The third-order valence-electron chi connectivity index (χ3n) is 3.27. The van der Waals surface area contributed by atoms with Crippen molar-refractivity contribution in [1.82, 2.24) is 9.80 Å². The van der Waals surface area contributed by atoms with E-state index in [1.54, 1.807) is 0 Å². The van der Waals surface area contributed by atoms with Gasteiger partial charge in [0.1, 0.15) is 0 Å². The summed E-state index contributed by atoms with van der Waals surface area (Å²) in [5.74, 6) is 1.98. The van der Waals surface area contributed by atoms with Crippen LogP contribution in [0, 0.1) is 0 Å². The van der Waals surface area contributed by atoms with Gasteiger partial charge in [-0.1, -0.05) is 0 Å². The number of rotatable bonds is 1. The van der Waals surface area contributed by atoms with Crippen molar-refractivity contribution in [2.45, 2.75) is 31.3 Å². The van der Waals surface area contributed by atoms with E-state index in [1.165, 1.54) is 4.90 Å². The molecule has 2 saturated heterocycles. The van der Waals surface area contributed by atoms with Gasteiger partial charge in [-0.05, 0) is 12.8 Å². The van der Waals surface area contributed by atoms with Crippen LogP contribution in [-0.2, 0) is 4.79 Å². The number of carbonyl (C=O) groups excluding carboxylic acids is 2. The predicted octanol–water partition coefficient (Wildman–Crippen LogP) is 0.918. The summed E-state index contributed by atoms with van der Waals surface area (Å²) >= 11 is 1.85. The molecular formula is C10H14N2O2S. The summed E-state index contributed by atoms with van der Waals surface area (Å²) in [4.78, 5) is 27.3. The molecule has 0 N–H and O–H groups in total. The van der Waals surface area contributed by atoms with Gasteiger partial charge < -0.3 is 4.90 Å². The van der Waals surface area contributed by atoms with Crippen molar-refractivity contribution >= 4 is 23.7 Å². The average molecular weight is 226 g/mol. The lowest BCUT2D eigenvalue weighted by Gasteiger charge is -2.42. The quantitative estimate of drug-likeness (QED) is 0.667. The molecule has 0 aromatic rings. The molecule has 15 heavy (non-hydrogen) atoms. The second-order valence-corrected chi connectivity index (χ2v) is 5.55. The number of fused-ring (bicyclic) bond motifs is 1. The highest BCUT2D eigenvalue weighted by Crippen LogP contribution is 2.33. The number of carbonyl (C=O) groups is 2. The van der Waals surface area contributed by atoms with E-state index >= 15 is 0 Å². The van der Waals surface area contributed by atoms with Crippen LogP contribution in [0.4, 0.5) is 4.79 Å². The zero-order valence-corrected chi connectivity index (χ0v) is 9.33. The SMILES string of the molecule is O=C1CC2CSCCN2C(=O)N1C1CC1. The van der Waals surface area contributed by atoms with Crippen LogP contribution in [0.1, 0.15) is 19.3 Å². The van der Waals surface area contributed by atoms with E-state index < -0.39 is 0 Å². The van der Waals surface area contributed by atoms with Gasteiger partial charge in [0.2, 0.25) is 5.91 Å². The number of thioether (sulfide) groups is 1. The fourth-order valence-electron chi connectivity index (χ4n) is 2.31. The molecule has 0 bridgehead atoms. The molecule has 2 heterocycles. The lowest BCUT2D eigenvalue weighted by Crippen LogP contribution is -2.60. The minimum absolute atomic E-state index is 0.0287. The molecule has 0 aromatic carbocycles. The highest BCUT2D eigenvalue weighted by Gasteiger charge is 2.45. The molecule has 4 nitrogen and oxygen atoms in total. The van der Waals surface area contributed by atoms with Gasteiger partial charge in [-0.2, -0.15) is 11.8 Å². The van der Waals surface area contributed by atoms with Crippen molar-refractivity contribution in [1.29, 1.82) is 0 Å². The minimum Gasteiger partial charge on any atom is -0.319 e. The Morgan fingerprint density at radius 1 is 1.20 bits per heavy atom. The fraction of sp³-hybridized carbons (Fsp3) is 0.800. The normalized spacial score (nSPS) is 31.9. The topological polar surface area (TPSA) is 40.6 Å². The zero-order valence-electron chi connectivity index (χ0n) is 8.52. The summed E-state index contributed by atoms with van der Waals surface area (Å²) in [6.07, 6.45) is 2.55. The minimum atomic E-state index is -0.0287. The van der Waals surface area contributed by atoms with E-state index in [4.69, 9.17) is 0 Å². The van der Waals surface area contributed by atoms with Crippen molar-refractivity contribution in [2.75, 3.05) is 18.1 Å². The van der Waals surface area contributed by atoms with Crippen LogP contribution in [0.15, 0.2) is 0 Å². The lowest BCUT2D eigenvalue weighted by molar-refractivity contribution is -0.132. The zero-order chi connectivity index (χ0) is 10.4. The molecule has 1 unspecified atom stereocenters. The molecule has 3 aliphatic rings. The van der Waals surface area contributed by atoms with Gasteiger partial charge in [0, 0.05) is 30.5 Å². The molecule has 1 aliphatic carbocycles. The predicted molar refractivity (Wildman–Crippen MR) is 57.7 cm³/mol. The van der Waals surface area contributed by atoms with Crippen LogP contribution in [0.2, 0.25) is 0 Å². The van der Waals surface area contributed by atoms with Gasteiger partial charge in [0.25, 0.3) is 0 Å². The first kappa shape index (κ1) is 9.51. The summed E-state index contributed by atoms with van der Waals surface area (Å²) in [7, 11) is 0. The number of hydrogen-bond acceptors (Lipinski definition) is 3. The van der Waals surface area contributed by atoms with Crippen LogP contribution in [0.25, 0.3) is 0 Å². The van der Waals surface area contributed by atoms with Crippen LogP contribution in [0.5, 0.6) is 0 Å². The molecule has 0 spiro atoms. The Morgan fingerprint density at radius 3 is 2.73 bits per heavy atom. The number of nitrogens with zero attached hydrogens (tertiary/aromatic N) is 2. The van der Waals surface area contributed by atoms with E-state index in [2.05, 4.69) is 0 Å². The van der Waals surface area contributed by atoms with E-state index in [-0.39, 0.29) is 24.0 Å². The molecule has 1 atom stereocenters. The Bertz CT molecular complexity index is 317. The molecule has 3 fully saturated rings. The van der Waals surface area contributed by atoms with Gasteiger partial charge >= 0.3 is 6.03 Å². The highest BCUT2D eigenvalue weighted by molar-refractivity contribution is 7.99. The number of hydrogen-bond donors (Lipinski definition) is 0. The number of amides is 3. The van der Waals surface area contributed by atoms with Crippen LogP contribution < -0.4 is 0 Å². The highest BCUT2D eigenvalue weighted by atomic mass is 32.2. The van der Waals surface area contributed by atoms with Gasteiger partial charge in [-0.15, -0.1) is 0 Å². The Kier molecular flexibility index (Phi) is 2.16. The maximum atomic E-state index is 12.1. The first-order chi connectivity index (χ1) is 7.27. The van der Waals surface area contributed by atoms with Crippen LogP contribution in [-0.4, -0.2) is 51.9 Å². The van der Waals surface area contributed by atoms with Crippen LogP contribution >= 0.6 is 11.8 Å². The maximum absolute atomic E-state index is 12.1. The average Bonchev–Trinajstić information content (AvgIpc) is 3.02. The van der Waals surface area contributed by atoms with Crippen molar-refractivity contribution in [3.05, 3.63) is 0 Å². The second-order valence-electron chi connectivity index (χ2n) is 4.40. The Hall–Kier alpha value is -0.710. The molecule has 2 aliphatic heterocycles. The van der Waals surface area contributed by atoms with Gasteiger partial charge in [-0.3, -0.25) is 9.69 Å². The van der Waals surface area contributed by atoms with Crippen molar-refractivity contribution in [3.8, 4) is 0 Å². The van der Waals surface area contributed by atoms with Crippen molar-refractivity contribution < 1.29 is 9.59 Å². The molecule has 1 saturated carbocycles. The first-order valence-electron chi connectivity index (χ1n) is 5.48. The van der Waals surface area contributed by atoms with Gasteiger partial charge in [-0.25, -0.2) is 4.79 Å². The molecule has 3 rings (SSSR count). The van der Waals surface area contributed by atoms with E-state index in [0.717, 1.165) is 30.9 Å². The summed E-state index contributed by atoms with van der Waals surface area (Å²) in [6, 6.07) is 0.360. The largest absolute Gasteiger partial charge is 0.327 e. The maximum Gasteiger partial charge on any atom is 0.327 e. The third kappa shape index (κ3) is 1.53. The van der Waals surface area contributed by atoms with Crippen LogP contribution in [0.3, 0.4) is 0 Å². The summed E-state index contributed by atoms with van der Waals surface area (Å²) in [6.45, 7) is 0.810. The Balaban J connectivity index is 1.82. The second kappa shape index (κ2) is 3.40. The molecule has 3 amide bonds. The Labute approximate surface area is 93.0 Å². The third-order valence-corrected chi connectivity index (χ3v) is 4.36. The summed E-state index contributed by atoms with van der Waals surface area (Å²) < 4.78 is 0. The monoisotopic (exact) mass is 226 g/mol. The van der Waals surface area contributed by atoms with E-state index in [0.29, 0.717) is 6.42 Å². The van der Waals surface area contributed by atoms with Gasteiger partial charge in [0.05, 0.1) is 6.04 Å². The first-order valence-corrected chi connectivity index (χ1v) is 6.63. The number of urea groups is 1. The molecule has 0 aromatic heterocycles. The smallest absolute Gasteiger partial charge is 0.319 e. The molecular weight excluding hydrogens is 212 g/mol. The van der Waals surface area contributed by atoms with Gasteiger partial charge in [0.15, 0.2) is 0 Å². The number of imide groups is 1. The molecule has 5 heteroatoms.